The second kappa shape index (κ2) is 11.4. The van der Waals surface area contributed by atoms with Crippen LogP contribution in [0.15, 0.2) is 60.9 Å². The molecule has 0 radical (unpaired) electrons. The van der Waals surface area contributed by atoms with Gasteiger partial charge in [0.05, 0.1) is 5.56 Å². The summed E-state index contributed by atoms with van der Waals surface area (Å²) in [5.41, 5.74) is 4.01. The minimum absolute atomic E-state index is 0.105. The molecule has 2 fully saturated rings. The first-order chi connectivity index (χ1) is 18.9. The minimum atomic E-state index is -0.688. The fourth-order valence-electron chi connectivity index (χ4n) is 4.25. The van der Waals surface area contributed by atoms with E-state index in [1.165, 1.54) is 30.0 Å². The van der Waals surface area contributed by atoms with Crippen molar-refractivity contribution in [3.05, 3.63) is 89.0 Å². The lowest BCUT2D eigenvalue weighted by molar-refractivity contribution is -0.115. The lowest BCUT2D eigenvalue weighted by Gasteiger charge is -2.34. The standard InChI is InChI=1S/C28H27FN6O4/c29-22-7-5-19(6-8-22)24(26(37)32-23-9-10-23)15-18-1-3-20(4-2-18)27(38)34-11-13-35(14-12-34)28-30-16-21(17-31-28)25(36)33-39/h1-8,15-17,23,39H,9-14H2,(H,32,37)(H,33,36)/b24-15+. The van der Waals surface area contributed by atoms with Gasteiger partial charge in [-0.1, -0.05) is 24.3 Å². The maximum Gasteiger partial charge on any atom is 0.277 e. The monoisotopic (exact) mass is 530 g/mol. The van der Waals surface area contributed by atoms with Gasteiger partial charge in [-0.05, 0) is 54.3 Å². The van der Waals surface area contributed by atoms with E-state index in [-0.39, 0.29) is 29.2 Å². The largest absolute Gasteiger partial charge is 0.349 e. The van der Waals surface area contributed by atoms with E-state index in [2.05, 4.69) is 15.3 Å². The average molecular weight is 531 g/mol. The van der Waals surface area contributed by atoms with Crippen molar-refractivity contribution in [2.45, 2.75) is 18.9 Å². The average Bonchev–Trinajstić information content (AvgIpc) is 3.80. The van der Waals surface area contributed by atoms with Crippen molar-refractivity contribution < 1.29 is 24.0 Å². The summed E-state index contributed by atoms with van der Waals surface area (Å²) in [5.74, 6) is -0.937. The molecule has 3 amide bonds. The number of aromatic nitrogens is 2. The predicted octanol–water partition coefficient (Wildman–Crippen LogP) is 2.52. The first-order valence-electron chi connectivity index (χ1n) is 12.6. The van der Waals surface area contributed by atoms with Crippen LogP contribution >= 0.6 is 0 Å². The molecule has 0 bridgehead atoms. The lowest BCUT2D eigenvalue weighted by Crippen LogP contribution is -2.49. The minimum Gasteiger partial charge on any atom is -0.349 e. The van der Waals surface area contributed by atoms with Crippen molar-refractivity contribution >= 4 is 35.3 Å². The normalized spacial score (nSPS) is 15.6. The van der Waals surface area contributed by atoms with Gasteiger partial charge < -0.3 is 15.1 Å². The fourth-order valence-corrected chi connectivity index (χ4v) is 4.25. The highest BCUT2D eigenvalue weighted by molar-refractivity contribution is 6.24. The molecule has 1 aliphatic heterocycles. The number of benzene rings is 2. The number of anilines is 1. The fraction of sp³-hybridized carbons (Fsp3) is 0.250. The molecule has 0 unspecified atom stereocenters. The molecular formula is C28H27FN6O4. The molecule has 0 spiro atoms. The molecule has 1 saturated carbocycles. The first kappa shape index (κ1) is 26.0. The summed E-state index contributed by atoms with van der Waals surface area (Å²) in [6, 6.07) is 13.0. The highest BCUT2D eigenvalue weighted by Gasteiger charge is 2.26. The van der Waals surface area contributed by atoms with E-state index in [9.17, 15) is 18.8 Å². The van der Waals surface area contributed by atoms with Crippen molar-refractivity contribution in [1.29, 1.82) is 0 Å². The van der Waals surface area contributed by atoms with Gasteiger partial charge in [-0.15, -0.1) is 0 Å². The Kier molecular flexibility index (Phi) is 7.60. The van der Waals surface area contributed by atoms with Crippen molar-refractivity contribution in [3.63, 3.8) is 0 Å². The van der Waals surface area contributed by atoms with Gasteiger partial charge in [-0.3, -0.25) is 19.6 Å². The molecule has 1 aliphatic carbocycles. The Balaban J connectivity index is 1.24. The van der Waals surface area contributed by atoms with Gasteiger partial charge in [0.2, 0.25) is 5.95 Å². The molecule has 0 atom stereocenters. The van der Waals surface area contributed by atoms with E-state index >= 15 is 0 Å². The molecule has 10 nitrogen and oxygen atoms in total. The SMILES string of the molecule is O=C(NC1CC1)/C(=C/c1ccc(C(=O)N2CCN(c3ncc(C(=O)NO)cn3)CC2)cc1)c1ccc(F)cc1. The van der Waals surface area contributed by atoms with Crippen molar-refractivity contribution in [3.8, 4) is 0 Å². The van der Waals surface area contributed by atoms with Gasteiger partial charge in [0, 0.05) is 55.8 Å². The third kappa shape index (κ3) is 6.27. The van der Waals surface area contributed by atoms with Crippen LogP contribution in [0.25, 0.3) is 11.6 Å². The summed E-state index contributed by atoms with van der Waals surface area (Å²) in [6.07, 6.45) is 6.32. The van der Waals surface area contributed by atoms with Crippen LogP contribution in [-0.2, 0) is 4.79 Å². The Bertz CT molecular complexity index is 1380. The number of hydroxylamine groups is 1. The third-order valence-corrected chi connectivity index (χ3v) is 6.63. The predicted molar refractivity (Wildman–Crippen MR) is 141 cm³/mol. The maximum atomic E-state index is 13.4. The zero-order valence-corrected chi connectivity index (χ0v) is 21.0. The van der Waals surface area contributed by atoms with Gasteiger partial charge in [-0.2, -0.15) is 0 Å². The molecule has 2 aliphatic rings. The smallest absolute Gasteiger partial charge is 0.277 e. The van der Waals surface area contributed by atoms with Crippen LogP contribution in [-0.4, -0.2) is 70.0 Å². The number of carbonyl (C=O) groups is 3. The Labute approximate surface area is 224 Å². The van der Waals surface area contributed by atoms with E-state index in [0.29, 0.717) is 48.8 Å². The number of nitrogens with one attached hydrogen (secondary N) is 2. The highest BCUT2D eigenvalue weighted by Crippen LogP contribution is 2.24. The molecule has 200 valence electrons. The van der Waals surface area contributed by atoms with Crippen molar-refractivity contribution in [1.82, 2.24) is 25.7 Å². The number of halogens is 1. The Morgan fingerprint density at radius 2 is 1.49 bits per heavy atom. The van der Waals surface area contributed by atoms with E-state index in [0.717, 1.165) is 18.4 Å². The van der Waals surface area contributed by atoms with Gasteiger partial charge in [-0.25, -0.2) is 19.8 Å². The zero-order valence-electron chi connectivity index (χ0n) is 21.0. The van der Waals surface area contributed by atoms with Crippen LogP contribution in [0, 0.1) is 5.82 Å². The van der Waals surface area contributed by atoms with E-state index in [1.54, 1.807) is 47.4 Å². The summed E-state index contributed by atoms with van der Waals surface area (Å²) in [6.45, 7) is 1.99. The number of piperazine rings is 1. The summed E-state index contributed by atoms with van der Waals surface area (Å²) in [5, 5.41) is 11.7. The molecule has 39 heavy (non-hydrogen) atoms. The zero-order chi connectivity index (χ0) is 27.4. The summed E-state index contributed by atoms with van der Waals surface area (Å²) in [7, 11) is 0. The second-order valence-corrected chi connectivity index (χ2v) is 9.43. The third-order valence-electron chi connectivity index (χ3n) is 6.63. The topological polar surface area (TPSA) is 128 Å². The van der Waals surface area contributed by atoms with Crippen LogP contribution in [0.5, 0.6) is 0 Å². The molecule has 1 saturated heterocycles. The molecule has 2 aromatic carbocycles. The molecular weight excluding hydrogens is 503 g/mol. The Hall–Kier alpha value is -4.64. The molecule has 2 heterocycles. The van der Waals surface area contributed by atoms with Crippen LogP contribution in [0.2, 0.25) is 0 Å². The number of rotatable bonds is 7. The summed E-state index contributed by atoms with van der Waals surface area (Å²) in [4.78, 5) is 49.5. The first-order valence-corrected chi connectivity index (χ1v) is 12.6. The second-order valence-electron chi connectivity index (χ2n) is 9.43. The van der Waals surface area contributed by atoms with E-state index < -0.39 is 5.91 Å². The molecule has 1 aromatic heterocycles. The van der Waals surface area contributed by atoms with Gasteiger partial charge >= 0.3 is 0 Å². The van der Waals surface area contributed by atoms with Crippen LogP contribution < -0.4 is 15.7 Å². The van der Waals surface area contributed by atoms with Crippen LogP contribution in [0.3, 0.4) is 0 Å². The quantitative estimate of drug-likeness (QED) is 0.185. The molecule has 5 rings (SSSR count). The van der Waals surface area contributed by atoms with E-state index in [4.69, 9.17) is 5.21 Å². The van der Waals surface area contributed by atoms with E-state index in [1.807, 2.05) is 4.90 Å². The summed E-state index contributed by atoms with van der Waals surface area (Å²) < 4.78 is 13.4. The van der Waals surface area contributed by atoms with Gasteiger partial charge in [0.15, 0.2) is 0 Å². The number of hydrogen-bond acceptors (Lipinski definition) is 7. The number of amides is 3. The van der Waals surface area contributed by atoms with Gasteiger partial charge in [0.25, 0.3) is 17.7 Å². The Morgan fingerprint density at radius 1 is 0.872 bits per heavy atom. The molecule has 3 N–H and O–H groups in total. The van der Waals surface area contributed by atoms with Crippen LogP contribution in [0.4, 0.5) is 10.3 Å². The van der Waals surface area contributed by atoms with Gasteiger partial charge in [0.1, 0.15) is 5.82 Å². The highest BCUT2D eigenvalue weighted by atomic mass is 19.1. The number of hydrogen-bond donors (Lipinski definition) is 3. The Morgan fingerprint density at radius 3 is 2.08 bits per heavy atom. The lowest BCUT2D eigenvalue weighted by atomic mass is 10.0. The molecule has 3 aromatic rings. The number of nitrogens with zero attached hydrogens (tertiary/aromatic N) is 4. The number of carbonyl (C=O) groups excluding carboxylic acids is 3. The maximum absolute atomic E-state index is 13.4. The molecule has 11 heteroatoms. The van der Waals surface area contributed by atoms with Crippen molar-refractivity contribution in [2.75, 3.05) is 31.1 Å². The summed E-state index contributed by atoms with van der Waals surface area (Å²) >= 11 is 0. The van der Waals surface area contributed by atoms with Crippen molar-refractivity contribution in [2.24, 2.45) is 0 Å². The van der Waals surface area contributed by atoms with Crippen LogP contribution in [0.1, 0.15) is 44.7 Å².